The van der Waals surface area contributed by atoms with Crippen LogP contribution in [0.15, 0.2) is 24.3 Å². The lowest BCUT2D eigenvalue weighted by Gasteiger charge is -2.38. The number of nitrogens with one attached hydrogen (secondary N) is 1. The summed E-state index contributed by atoms with van der Waals surface area (Å²) in [5.41, 5.74) is 2.60. The van der Waals surface area contributed by atoms with Gasteiger partial charge in [0.2, 0.25) is 0 Å². The molecular formula is C13H19NO2. The predicted octanol–water partition coefficient (Wildman–Crippen LogP) is 1.67. The van der Waals surface area contributed by atoms with E-state index in [4.69, 9.17) is 9.84 Å². The van der Waals surface area contributed by atoms with Gasteiger partial charge in [0.15, 0.2) is 0 Å². The van der Waals surface area contributed by atoms with Gasteiger partial charge >= 0.3 is 0 Å². The summed E-state index contributed by atoms with van der Waals surface area (Å²) in [6.45, 7) is 5.09. The Morgan fingerprint density at radius 1 is 1.31 bits per heavy atom. The number of anilines is 1. The Hall–Kier alpha value is -1.06. The summed E-state index contributed by atoms with van der Waals surface area (Å²) in [4.78, 5) is 0. The van der Waals surface area contributed by atoms with Gasteiger partial charge in [0, 0.05) is 24.3 Å². The van der Waals surface area contributed by atoms with E-state index in [1.807, 2.05) is 0 Å². The first kappa shape index (κ1) is 11.4. The van der Waals surface area contributed by atoms with Crippen molar-refractivity contribution in [3.63, 3.8) is 0 Å². The van der Waals surface area contributed by atoms with Crippen molar-refractivity contribution in [2.75, 3.05) is 31.7 Å². The Morgan fingerprint density at radius 3 is 2.50 bits per heavy atom. The minimum Gasteiger partial charge on any atom is -0.396 e. The molecule has 1 aromatic carbocycles. The standard InChI is InChI=1S/C13H19NO2/c1-13(9-16-10-13)8-14-12-4-2-11(3-5-12)6-7-15/h2-5,14-15H,6-10H2,1H3. The highest BCUT2D eigenvalue weighted by Gasteiger charge is 2.32. The summed E-state index contributed by atoms with van der Waals surface area (Å²) >= 11 is 0. The van der Waals surface area contributed by atoms with Gasteiger partial charge < -0.3 is 15.2 Å². The number of benzene rings is 1. The minimum atomic E-state index is 0.211. The summed E-state index contributed by atoms with van der Waals surface area (Å²) in [6, 6.07) is 8.23. The lowest BCUT2D eigenvalue weighted by molar-refractivity contribution is -0.0924. The van der Waals surface area contributed by atoms with Gasteiger partial charge in [-0.05, 0) is 24.1 Å². The van der Waals surface area contributed by atoms with Gasteiger partial charge in [0.1, 0.15) is 0 Å². The highest BCUT2D eigenvalue weighted by Crippen LogP contribution is 2.26. The SMILES string of the molecule is CC1(CNc2ccc(CCO)cc2)COC1. The highest BCUT2D eigenvalue weighted by atomic mass is 16.5. The van der Waals surface area contributed by atoms with Crippen molar-refractivity contribution >= 4 is 5.69 Å². The molecule has 0 atom stereocenters. The monoisotopic (exact) mass is 221 g/mol. The molecule has 0 aromatic heterocycles. The Kier molecular flexibility index (Phi) is 3.46. The van der Waals surface area contributed by atoms with Gasteiger partial charge in [0.05, 0.1) is 13.2 Å². The second kappa shape index (κ2) is 4.85. The van der Waals surface area contributed by atoms with Crippen LogP contribution in [0.1, 0.15) is 12.5 Å². The Balaban J connectivity index is 1.85. The molecule has 88 valence electrons. The fourth-order valence-corrected chi connectivity index (χ4v) is 1.79. The van der Waals surface area contributed by atoms with Crippen LogP contribution in [0.5, 0.6) is 0 Å². The minimum absolute atomic E-state index is 0.211. The lowest BCUT2D eigenvalue weighted by atomic mass is 9.88. The zero-order valence-corrected chi connectivity index (χ0v) is 9.70. The second-order valence-electron chi connectivity index (χ2n) is 4.83. The van der Waals surface area contributed by atoms with Gasteiger partial charge in [-0.25, -0.2) is 0 Å². The summed E-state index contributed by atoms with van der Waals surface area (Å²) in [5, 5.41) is 12.2. The summed E-state index contributed by atoms with van der Waals surface area (Å²) in [5.74, 6) is 0. The Labute approximate surface area is 96.4 Å². The van der Waals surface area contributed by atoms with E-state index in [1.54, 1.807) is 0 Å². The van der Waals surface area contributed by atoms with Crippen molar-refractivity contribution < 1.29 is 9.84 Å². The van der Waals surface area contributed by atoms with Crippen LogP contribution >= 0.6 is 0 Å². The molecule has 3 heteroatoms. The third kappa shape index (κ3) is 2.74. The molecule has 0 bridgehead atoms. The average molecular weight is 221 g/mol. The molecule has 2 N–H and O–H groups in total. The van der Waals surface area contributed by atoms with Gasteiger partial charge in [-0.3, -0.25) is 0 Å². The van der Waals surface area contributed by atoms with Crippen LogP contribution in [-0.2, 0) is 11.2 Å². The van der Waals surface area contributed by atoms with Crippen LogP contribution < -0.4 is 5.32 Å². The van der Waals surface area contributed by atoms with Crippen molar-refractivity contribution in [2.45, 2.75) is 13.3 Å². The van der Waals surface area contributed by atoms with Gasteiger partial charge in [-0.15, -0.1) is 0 Å². The zero-order valence-electron chi connectivity index (χ0n) is 9.70. The molecule has 1 saturated heterocycles. The first-order chi connectivity index (χ1) is 7.72. The van der Waals surface area contributed by atoms with Crippen molar-refractivity contribution in [3.8, 4) is 0 Å². The molecule has 1 heterocycles. The number of hydrogen-bond donors (Lipinski definition) is 2. The highest BCUT2D eigenvalue weighted by molar-refractivity contribution is 5.44. The van der Waals surface area contributed by atoms with Crippen LogP contribution in [0.4, 0.5) is 5.69 Å². The van der Waals surface area contributed by atoms with Crippen molar-refractivity contribution in [3.05, 3.63) is 29.8 Å². The van der Waals surface area contributed by atoms with E-state index in [2.05, 4.69) is 36.5 Å². The second-order valence-corrected chi connectivity index (χ2v) is 4.83. The topological polar surface area (TPSA) is 41.5 Å². The van der Waals surface area contributed by atoms with Crippen LogP contribution in [0.3, 0.4) is 0 Å². The Bertz CT molecular complexity index is 330. The molecular weight excluding hydrogens is 202 g/mol. The molecule has 1 fully saturated rings. The third-order valence-corrected chi connectivity index (χ3v) is 2.97. The van der Waals surface area contributed by atoms with Crippen LogP contribution in [0.2, 0.25) is 0 Å². The quantitative estimate of drug-likeness (QED) is 0.794. The largest absolute Gasteiger partial charge is 0.396 e. The van der Waals surface area contributed by atoms with Gasteiger partial charge in [0.25, 0.3) is 0 Å². The fourth-order valence-electron chi connectivity index (χ4n) is 1.79. The maximum Gasteiger partial charge on any atom is 0.0559 e. The average Bonchev–Trinajstić information content (AvgIpc) is 2.26. The number of aliphatic hydroxyl groups is 1. The van der Waals surface area contributed by atoms with Crippen molar-refractivity contribution in [2.24, 2.45) is 5.41 Å². The van der Waals surface area contributed by atoms with Crippen molar-refractivity contribution in [1.29, 1.82) is 0 Å². The Morgan fingerprint density at radius 2 is 2.00 bits per heavy atom. The van der Waals surface area contributed by atoms with Crippen molar-refractivity contribution in [1.82, 2.24) is 0 Å². The van der Waals surface area contributed by atoms with Crippen LogP contribution in [0, 0.1) is 5.41 Å². The number of ether oxygens (including phenoxy) is 1. The molecule has 2 rings (SSSR count). The van der Waals surface area contributed by atoms with E-state index in [1.165, 1.54) is 5.56 Å². The molecule has 0 spiro atoms. The van der Waals surface area contributed by atoms with Gasteiger partial charge in [-0.2, -0.15) is 0 Å². The lowest BCUT2D eigenvalue weighted by Crippen LogP contribution is -2.45. The molecule has 0 unspecified atom stereocenters. The van der Waals surface area contributed by atoms with E-state index in [9.17, 15) is 0 Å². The van der Waals surface area contributed by atoms with E-state index < -0.39 is 0 Å². The molecule has 16 heavy (non-hydrogen) atoms. The molecule has 0 saturated carbocycles. The molecule has 1 aliphatic heterocycles. The molecule has 1 aliphatic rings. The van der Waals surface area contributed by atoms with Crippen LogP contribution in [0.25, 0.3) is 0 Å². The smallest absolute Gasteiger partial charge is 0.0559 e. The number of aliphatic hydroxyl groups excluding tert-OH is 1. The van der Waals surface area contributed by atoms with E-state index in [0.29, 0.717) is 5.41 Å². The zero-order chi connectivity index (χ0) is 11.4. The maximum atomic E-state index is 8.81. The van der Waals surface area contributed by atoms with E-state index >= 15 is 0 Å². The van der Waals surface area contributed by atoms with E-state index in [0.717, 1.165) is 31.9 Å². The first-order valence-corrected chi connectivity index (χ1v) is 5.73. The summed E-state index contributed by atoms with van der Waals surface area (Å²) < 4.78 is 5.21. The molecule has 3 nitrogen and oxygen atoms in total. The van der Waals surface area contributed by atoms with Gasteiger partial charge in [-0.1, -0.05) is 19.1 Å². The third-order valence-electron chi connectivity index (χ3n) is 2.97. The van der Waals surface area contributed by atoms with Crippen LogP contribution in [-0.4, -0.2) is 31.5 Å². The first-order valence-electron chi connectivity index (χ1n) is 5.73. The molecule has 0 radical (unpaired) electrons. The summed E-state index contributed by atoms with van der Waals surface area (Å²) in [6.07, 6.45) is 0.728. The molecule has 0 amide bonds. The normalized spacial score (nSPS) is 17.9. The molecule has 0 aliphatic carbocycles. The summed E-state index contributed by atoms with van der Waals surface area (Å²) in [7, 11) is 0. The number of hydrogen-bond acceptors (Lipinski definition) is 3. The molecule has 1 aromatic rings. The van der Waals surface area contributed by atoms with E-state index in [-0.39, 0.29) is 6.61 Å². The number of rotatable bonds is 5. The maximum absolute atomic E-state index is 8.81. The predicted molar refractivity (Wildman–Crippen MR) is 64.6 cm³/mol. The fraction of sp³-hybridized carbons (Fsp3) is 0.538.